The van der Waals surface area contributed by atoms with Gasteiger partial charge in [0.2, 0.25) is 9.84 Å². The summed E-state index contributed by atoms with van der Waals surface area (Å²) in [4.78, 5) is 11.5. The number of carboxylic acid groups (broad SMARTS) is 1. The average molecular weight is 513 g/mol. The number of hydrogen-bond donors (Lipinski definition) is 1. The molecular formula is C25H18Cl2N2O4S. The summed E-state index contributed by atoms with van der Waals surface area (Å²) in [6.07, 6.45) is 1.64. The Labute approximate surface area is 206 Å². The highest BCUT2D eigenvalue weighted by Crippen LogP contribution is 2.33. The molecule has 0 atom stereocenters. The average Bonchev–Trinajstić information content (AvgIpc) is 3.04. The number of hydrogen-bond acceptors (Lipinski definition) is 4. The van der Waals surface area contributed by atoms with Crippen LogP contribution in [-0.4, -0.2) is 23.9 Å². The number of nitrogens with zero attached hydrogens (tertiary/aromatic N) is 2. The zero-order valence-electron chi connectivity index (χ0n) is 17.9. The molecule has 1 N–H and O–H groups in total. The van der Waals surface area contributed by atoms with Gasteiger partial charge in [0.1, 0.15) is 6.07 Å². The van der Waals surface area contributed by atoms with Crippen LogP contribution in [0.5, 0.6) is 0 Å². The highest BCUT2D eigenvalue weighted by Gasteiger charge is 2.25. The second-order valence-corrected chi connectivity index (χ2v) is 10.5. The van der Waals surface area contributed by atoms with Crippen LogP contribution in [0.2, 0.25) is 10.0 Å². The van der Waals surface area contributed by atoms with Gasteiger partial charge in [0.25, 0.3) is 0 Å². The largest absolute Gasteiger partial charge is 0.481 e. The first-order valence-corrected chi connectivity index (χ1v) is 12.4. The third-order valence-electron chi connectivity index (χ3n) is 5.69. The molecule has 0 saturated heterocycles. The molecule has 0 fully saturated rings. The van der Waals surface area contributed by atoms with Crippen LogP contribution in [0.3, 0.4) is 0 Å². The second kappa shape index (κ2) is 9.15. The van der Waals surface area contributed by atoms with Crippen molar-refractivity contribution in [2.75, 3.05) is 0 Å². The van der Waals surface area contributed by atoms with Crippen LogP contribution in [-0.2, 0) is 27.5 Å². The van der Waals surface area contributed by atoms with E-state index < -0.39 is 15.8 Å². The summed E-state index contributed by atoms with van der Waals surface area (Å²) >= 11 is 12.2. The molecule has 2 aromatic carbocycles. The van der Waals surface area contributed by atoms with E-state index in [1.807, 2.05) is 0 Å². The fraction of sp³-hybridized carbons (Fsp3) is 0.120. The van der Waals surface area contributed by atoms with E-state index in [9.17, 15) is 23.6 Å². The summed E-state index contributed by atoms with van der Waals surface area (Å²) in [6, 6.07) is 16.2. The molecule has 172 valence electrons. The number of aliphatic carboxylic acids is 1. The number of rotatable bonds is 6. The summed E-state index contributed by atoms with van der Waals surface area (Å²) < 4.78 is 28.8. The summed E-state index contributed by atoms with van der Waals surface area (Å²) in [5.41, 5.74) is 3.63. The molecule has 0 aliphatic rings. The predicted octanol–water partition coefficient (Wildman–Crippen LogP) is 5.48. The number of carbonyl (C=O) groups is 1. The quantitative estimate of drug-likeness (QED) is 0.368. The van der Waals surface area contributed by atoms with Crippen LogP contribution >= 0.6 is 23.2 Å². The molecule has 0 unspecified atom stereocenters. The van der Waals surface area contributed by atoms with E-state index in [4.69, 9.17) is 23.2 Å². The van der Waals surface area contributed by atoms with E-state index in [0.29, 0.717) is 32.9 Å². The lowest BCUT2D eigenvalue weighted by Gasteiger charge is -2.13. The zero-order valence-corrected chi connectivity index (χ0v) is 20.2. The van der Waals surface area contributed by atoms with Crippen molar-refractivity contribution in [2.45, 2.75) is 29.6 Å². The van der Waals surface area contributed by atoms with Crippen molar-refractivity contribution in [3.8, 4) is 6.07 Å². The Kier molecular flexibility index (Phi) is 6.41. The molecule has 34 heavy (non-hydrogen) atoms. The summed E-state index contributed by atoms with van der Waals surface area (Å²) in [5, 5.41) is 19.1. The van der Waals surface area contributed by atoms with Crippen LogP contribution in [0.1, 0.15) is 27.9 Å². The van der Waals surface area contributed by atoms with Gasteiger partial charge in [-0.05, 0) is 60.0 Å². The molecule has 2 heterocycles. The first-order chi connectivity index (χ1) is 16.1. The van der Waals surface area contributed by atoms with Crippen molar-refractivity contribution in [1.82, 2.24) is 4.40 Å². The standard InChI is InChI=1S/C25H18Cl2N2O4S/c1-15-19(12-25(30)31)21-8-6-16(13-28)14-29(21)22(15)10-17-4-2-3-5-23(17)34(32,33)24-9-7-18(26)11-20(24)27/h2-9,11,14H,10,12H2,1H3,(H,30,31). The molecular weight excluding hydrogens is 495 g/mol. The highest BCUT2D eigenvalue weighted by atomic mass is 35.5. The first kappa shape index (κ1) is 23.8. The molecule has 0 amide bonds. The summed E-state index contributed by atoms with van der Waals surface area (Å²) in [5.74, 6) is -0.980. The van der Waals surface area contributed by atoms with Gasteiger partial charge in [0.15, 0.2) is 0 Å². The number of aromatic nitrogens is 1. The second-order valence-electron chi connectivity index (χ2n) is 7.77. The third-order valence-corrected chi connectivity index (χ3v) is 8.27. The molecule has 6 nitrogen and oxygen atoms in total. The Balaban J connectivity index is 1.90. The monoisotopic (exact) mass is 512 g/mol. The number of pyridine rings is 1. The van der Waals surface area contributed by atoms with Gasteiger partial charge < -0.3 is 9.51 Å². The van der Waals surface area contributed by atoms with Gasteiger partial charge in [-0.25, -0.2) is 8.42 Å². The zero-order chi connectivity index (χ0) is 24.6. The normalized spacial score (nSPS) is 11.5. The van der Waals surface area contributed by atoms with Crippen molar-refractivity contribution in [1.29, 1.82) is 5.26 Å². The molecule has 4 rings (SSSR count). The van der Waals surface area contributed by atoms with Gasteiger partial charge in [-0.2, -0.15) is 5.26 Å². The van der Waals surface area contributed by atoms with Gasteiger partial charge in [-0.3, -0.25) is 4.79 Å². The van der Waals surface area contributed by atoms with Gasteiger partial charge in [0.05, 0.1) is 26.8 Å². The van der Waals surface area contributed by atoms with E-state index in [1.54, 1.807) is 47.9 Å². The molecule has 0 saturated carbocycles. The number of sulfone groups is 1. The van der Waals surface area contributed by atoms with Crippen molar-refractivity contribution in [3.05, 3.63) is 98.8 Å². The maximum Gasteiger partial charge on any atom is 0.307 e. The van der Waals surface area contributed by atoms with Gasteiger partial charge >= 0.3 is 5.97 Å². The van der Waals surface area contributed by atoms with Crippen molar-refractivity contribution < 1.29 is 18.3 Å². The Hall–Kier alpha value is -3.31. The lowest BCUT2D eigenvalue weighted by atomic mass is 10.0. The SMILES string of the molecule is Cc1c(CC(=O)O)c2ccc(C#N)cn2c1Cc1ccccc1S(=O)(=O)c1ccc(Cl)cc1Cl. The Bertz CT molecular complexity index is 1600. The van der Waals surface area contributed by atoms with Crippen molar-refractivity contribution >= 4 is 44.5 Å². The minimum Gasteiger partial charge on any atom is -0.481 e. The predicted molar refractivity (Wildman–Crippen MR) is 129 cm³/mol. The maximum atomic E-state index is 13.5. The molecule has 0 spiro atoms. The molecule has 2 aromatic heterocycles. The van der Waals surface area contributed by atoms with Gasteiger partial charge in [-0.15, -0.1) is 0 Å². The van der Waals surface area contributed by atoms with E-state index in [1.165, 1.54) is 24.3 Å². The van der Waals surface area contributed by atoms with E-state index >= 15 is 0 Å². The number of benzene rings is 2. The van der Waals surface area contributed by atoms with E-state index in [2.05, 4.69) is 6.07 Å². The van der Waals surface area contributed by atoms with Crippen LogP contribution in [0.25, 0.3) is 5.52 Å². The molecule has 0 bridgehead atoms. The molecule has 0 radical (unpaired) electrons. The minimum atomic E-state index is -3.97. The Morgan fingerprint density at radius 3 is 2.50 bits per heavy atom. The topological polar surface area (TPSA) is 99.6 Å². The maximum absolute atomic E-state index is 13.5. The number of nitriles is 1. The van der Waals surface area contributed by atoms with Gasteiger partial charge in [0, 0.05) is 28.9 Å². The highest BCUT2D eigenvalue weighted by molar-refractivity contribution is 7.91. The molecule has 4 aromatic rings. The molecule has 0 aliphatic heterocycles. The number of halogens is 2. The van der Waals surface area contributed by atoms with Crippen LogP contribution in [0, 0.1) is 18.3 Å². The lowest BCUT2D eigenvalue weighted by molar-refractivity contribution is -0.136. The van der Waals surface area contributed by atoms with Gasteiger partial charge in [-0.1, -0.05) is 41.4 Å². The number of carboxylic acids is 1. The molecule has 9 heteroatoms. The first-order valence-electron chi connectivity index (χ1n) is 10.2. The van der Waals surface area contributed by atoms with Crippen molar-refractivity contribution in [3.63, 3.8) is 0 Å². The van der Waals surface area contributed by atoms with Crippen LogP contribution in [0.15, 0.2) is 70.6 Å². The van der Waals surface area contributed by atoms with Crippen LogP contribution in [0.4, 0.5) is 0 Å². The van der Waals surface area contributed by atoms with E-state index in [-0.39, 0.29) is 27.7 Å². The number of fused-ring (bicyclic) bond motifs is 1. The van der Waals surface area contributed by atoms with Crippen molar-refractivity contribution in [2.24, 2.45) is 0 Å². The fourth-order valence-electron chi connectivity index (χ4n) is 4.08. The Morgan fingerprint density at radius 1 is 1.09 bits per heavy atom. The Morgan fingerprint density at radius 2 is 1.82 bits per heavy atom. The lowest BCUT2D eigenvalue weighted by Crippen LogP contribution is -2.08. The summed E-state index contributed by atoms with van der Waals surface area (Å²) in [6.45, 7) is 1.81. The third kappa shape index (κ3) is 4.28. The smallest absolute Gasteiger partial charge is 0.307 e. The van der Waals surface area contributed by atoms with Crippen LogP contribution < -0.4 is 0 Å². The fourth-order valence-corrected chi connectivity index (χ4v) is 6.34. The summed E-state index contributed by atoms with van der Waals surface area (Å²) in [7, 11) is -3.97. The molecule has 0 aliphatic carbocycles. The van der Waals surface area contributed by atoms with E-state index in [0.717, 1.165) is 5.56 Å². The minimum absolute atomic E-state index is 0.0222.